The lowest BCUT2D eigenvalue weighted by Gasteiger charge is -2.39. The van der Waals surface area contributed by atoms with Crippen LogP contribution in [-0.4, -0.2) is 60.1 Å². The minimum absolute atomic E-state index is 0.190. The van der Waals surface area contributed by atoms with Crippen molar-refractivity contribution in [1.29, 1.82) is 0 Å². The highest BCUT2D eigenvalue weighted by Crippen LogP contribution is 2.29. The molecule has 4 rings (SSSR count). The predicted octanol–water partition coefficient (Wildman–Crippen LogP) is 3.53. The van der Waals surface area contributed by atoms with Crippen LogP contribution in [0, 0.1) is 0 Å². The molecule has 0 aromatic carbocycles. The quantitative estimate of drug-likeness (QED) is 0.828. The third kappa shape index (κ3) is 4.18. The summed E-state index contributed by atoms with van der Waals surface area (Å²) in [5.74, 6) is 4.77. The molecular weight excluding hydrogens is 320 g/mol. The largest absolute Gasteiger partial charge is 0.462 e. The zero-order chi connectivity index (χ0) is 16.2. The summed E-state index contributed by atoms with van der Waals surface area (Å²) in [6, 6.07) is 5.09. The van der Waals surface area contributed by atoms with Gasteiger partial charge >= 0.3 is 0 Å². The summed E-state index contributed by atoms with van der Waals surface area (Å²) >= 11 is 2.10. The molecule has 3 aliphatic heterocycles. The average Bonchev–Trinajstić information content (AvgIpc) is 3.12. The van der Waals surface area contributed by atoms with Gasteiger partial charge in [0.05, 0.1) is 6.54 Å². The molecule has 134 valence electrons. The lowest BCUT2D eigenvalue weighted by molar-refractivity contribution is 0.000657. The van der Waals surface area contributed by atoms with Crippen LogP contribution in [0.2, 0.25) is 0 Å². The normalized spacial score (nSPS) is 28.2. The van der Waals surface area contributed by atoms with Crippen molar-refractivity contribution < 1.29 is 9.15 Å². The fraction of sp³-hybridized carbons (Fsp3) is 0.789. The van der Waals surface area contributed by atoms with Crippen molar-refractivity contribution in [1.82, 2.24) is 9.80 Å². The van der Waals surface area contributed by atoms with E-state index in [0.717, 1.165) is 37.1 Å². The van der Waals surface area contributed by atoms with Crippen LogP contribution in [0.15, 0.2) is 16.5 Å². The zero-order valence-corrected chi connectivity index (χ0v) is 15.4. The van der Waals surface area contributed by atoms with E-state index < -0.39 is 0 Å². The Morgan fingerprint density at radius 1 is 1.00 bits per heavy atom. The summed E-state index contributed by atoms with van der Waals surface area (Å²) in [6.07, 6.45) is 6.36. The van der Waals surface area contributed by atoms with E-state index in [1.54, 1.807) is 0 Å². The van der Waals surface area contributed by atoms with Gasteiger partial charge in [-0.1, -0.05) is 0 Å². The molecule has 5 heteroatoms. The van der Waals surface area contributed by atoms with E-state index in [1.807, 2.05) is 0 Å². The van der Waals surface area contributed by atoms with Crippen molar-refractivity contribution in [2.24, 2.45) is 0 Å². The Balaban J connectivity index is 1.25. The van der Waals surface area contributed by atoms with Crippen molar-refractivity contribution in [3.8, 4) is 0 Å². The van der Waals surface area contributed by atoms with Gasteiger partial charge in [-0.25, -0.2) is 0 Å². The maximum atomic E-state index is 6.09. The third-order valence-corrected chi connectivity index (χ3v) is 6.62. The van der Waals surface area contributed by atoms with E-state index in [1.165, 1.54) is 63.4 Å². The van der Waals surface area contributed by atoms with Gasteiger partial charge in [-0.2, -0.15) is 11.8 Å². The maximum absolute atomic E-state index is 6.09. The topological polar surface area (TPSA) is 28.9 Å². The summed E-state index contributed by atoms with van der Waals surface area (Å²) < 4.78 is 11.9. The van der Waals surface area contributed by atoms with E-state index in [-0.39, 0.29) is 6.10 Å². The fourth-order valence-corrected chi connectivity index (χ4v) is 5.15. The van der Waals surface area contributed by atoms with Gasteiger partial charge in [0.2, 0.25) is 0 Å². The molecule has 24 heavy (non-hydrogen) atoms. The van der Waals surface area contributed by atoms with Crippen molar-refractivity contribution in [3.63, 3.8) is 0 Å². The van der Waals surface area contributed by atoms with Crippen molar-refractivity contribution in [2.45, 2.75) is 50.8 Å². The Kier molecular flexibility index (Phi) is 5.83. The van der Waals surface area contributed by atoms with Crippen LogP contribution in [0.5, 0.6) is 0 Å². The molecule has 0 N–H and O–H groups in total. The number of furan rings is 1. The molecule has 0 bridgehead atoms. The maximum Gasteiger partial charge on any atom is 0.133 e. The van der Waals surface area contributed by atoms with Gasteiger partial charge in [0.15, 0.2) is 0 Å². The Bertz CT molecular complexity index is 501. The van der Waals surface area contributed by atoms with E-state index in [4.69, 9.17) is 9.15 Å². The molecule has 0 amide bonds. The molecule has 0 spiro atoms. The first kappa shape index (κ1) is 17.0. The summed E-state index contributed by atoms with van der Waals surface area (Å²) in [5, 5.41) is 0. The van der Waals surface area contributed by atoms with Gasteiger partial charge in [-0.3, -0.25) is 9.80 Å². The number of nitrogens with zero attached hydrogens (tertiary/aromatic N) is 2. The van der Waals surface area contributed by atoms with Gasteiger partial charge in [0.25, 0.3) is 0 Å². The lowest BCUT2D eigenvalue weighted by atomic mass is 10.0. The number of hydrogen-bond acceptors (Lipinski definition) is 5. The zero-order valence-electron chi connectivity index (χ0n) is 14.6. The van der Waals surface area contributed by atoms with Crippen LogP contribution in [0.25, 0.3) is 0 Å². The summed E-state index contributed by atoms with van der Waals surface area (Å²) in [7, 11) is 0. The Morgan fingerprint density at radius 2 is 1.83 bits per heavy atom. The van der Waals surface area contributed by atoms with Crippen LogP contribution in [0.4, 0.5) is 0 Å². The molecule has 3 aliphatic rings. The smallest absolute Gasteiger partial charge is 0.133 e. The highest BCUT2D eigenvalue weighted by Gasteiger charge is 2.26. The number of rotatable bonds is 4. The van der Waals surface area contributed by atoms with Gasteiger partial charge in [0.1, 0.15) is 17.6 Å². The molecule has 3 saturated heterocycles. The third-order valence-electron chi connectivity index (χ3n) is 5.68. The second kappa shape index (κ2) is 8.26. The monoisotopic (exact) mass is 350 g/mol. The number of likely N-dealkylation sites (tertiary alicyclic amines) is 1. The van der Waals surface area contributed by atoms with Crippen LogP contribution >= 0.6 is 11.8 Å². The first-order valence-electron chi connectivity index (χ1n) is 9.63. The van der Waals surface area contributed by atoms with Crippen LogP contribution in [0.1, 0.15) is 49.7 Å². The molecule has 3 fully saturated rings. The molecule has 1 aromatic heterocycles. The van der Waals surface area contributed by atoms with Crippen LogP contribution in [-0.2, 0) is 11.3 Å². The van der Waals surface area contributed by atoms with Crippen LogP contribution in [0.3, 0.4) is 0 Å². The van der Waals surface area contributed by atoms with Crippen molar-refractivity contribution in [2.75, 3.05) is 44.3 Å². The SMILES string of the molecule is c1cc([C@@H]2CCCCO2)oc1CN1CCC(N2CCSCC2)CC1. The van der Waals surface area contributed by atoms with Gasteiger partial charge in [-0.15, -0.1) is 0 Å². The molecule has 4 heterocycles. The van der Waals surface area contributed by atoms with Crippen molar-refractivity contribution in [3.05, 3.63) is 23.7 Å². The Labute approximate surface area is 149 Å². The molecule has 0 unspecified atom stereocenters. The first-order valence-corrected chi connectivity index (χ1v) is 10.8. The summed E-state index contributed by atoms with van der Waals surface area (Å²) in [4.78, 5) is 5.28. The summed E-state index contributed by atoms with van der Waals surface area (Å²) in [5.41, 5.74) is 0. The average molecular weight is 351 g/mol. The molecular formula is C19H30N2O2S. The minimum Gasteiger partial charge on any atom is -0.462 e. The second-order valence-corrected chi connectivity index (χ2v) is 8.54. The minimum atomic E-state index is 0.190. The van der Waals surface area contributed by atoms with Gasteiger partial charge in [0, 0.05) is 50.3 Å². The lowest BCUT2D eigenvalue weighted by Crippen LogP contribution is -2.47. The highest BCUT2D eigenvalue weighted by atomic mass is 32.2. The van der Waals surface area contributed by atoms with E-state index in [2.05, 4.69) is 33.7 Å². The molecule has 4 nitrogen and oxygen atoms in total. The molecule has 1 aromatic rings. The highest BCUT2D eigenvalue weighted by molar-refractivity contribution is 7.99. The fourth-order valence-electron chi connectivity index (χ4n) is 4.22. The van der Waals surface area contributed by atoms with Crippen molar-refractivity contribution >= 4 is 11.8 Å². The first-order chi connectivity index (χ1) is 11.9. The predicted molar refractivity (Wildman–Crippen MR) is 98.4 cm³/mol. The number of ether oxygens (including phenoxy) is 1. The number of hydrogen-bond donors (Lipinski definition) is 0. The molecule has 0 aliphatic carbocycles. The Hall–Kier alpha value is -0.490. The Morgan fingerprint density at radius 3 is 2.58 bits per heavy atom. The summed E-state index contributed by atoms with van der Waals surface area (Å²) in [6.45, 7) is 6.81. The van der Waals surface area contributed by atoms with E-state index >= 15 is 0 Å². The second-order valence-electron chi connectivity index (χ2n) is 7.31. The van der Waals surface area contributed by atoms with E-state index in [0.29, 0.717) is 0 Å². The van der Waals surface area contributed by atoms with E-state index in [9.17, 15) is 0 Å². The molecule has 1 atom stereocenters. The van der Waals surface area contributed by atoms with Gasteiger partial charge in [-0.05, 0) is 44.2 Å². The molecule has 0 saturated carbocycles. The number of thioether (sulfide) groups is 1. The number of piperidine rings is 1. The van der Waals surface area contributed by atoms with Gasteiger partial charge < -0.3 is 9.15 Å². The standard InChI is InChI=1S/C19H30N2O2S/c1-2-12-22-18(3-1)19-5-4-17(23-19)15-20-8-6-16(7-9-20)21-10-13-24-14-11-21/h4-5,16,18H,1-3,6-15H2/t18-/m0/s1. The van der Waals surface area contributed by atoms with Crippen LogP contribution < -0.4 is 0 Å². The molecule has 0 radical (unpaired) electrons.